The molecule has 0 saturated heterocycles. The van der Waals surface area contributed by atoms with Crippen molar-refractivity contribution < 1.29 is 23.8 Å². The SMILES string of the molecule is CCOC(=O)COc1ccc2c(c1)OC(=Cc1c(Cl)cccc1Cl)C2=O. The van der Waals surface area contributed by atoms with Crippen LogP contribution in [0, 0.1) is 0 Å². The van der Waals surface area contributed by atoms with Gasteiger partial charge in [0, 0.05) is 21.7 Å². The van der Waals surface area contributed by atoms with Crippen molar-refractivity contribution in [3.05, 3.63) is 63.3 Å². The van der Waals surface area contributed by atoms with Crippen molar-refractivity contribution in [2.75, 3.05) is 13.2 Å². The van der Waals surface area contributed by atoms with Gasteiger partial charge in [-0.3, -0.25) is 4.79 Å². The van der Waals surface area contributed by atoms with Gasteiger partial charge in [-0.2, -0.15) is 0 Å². The first-order valence-electron chi connectivity index (χ1n) is 7.80. The Balaban J connectivity index is 1.81. The molecular formula is C19H14Cl2O5. The highest BCUT2D eigenvalue weighted by Crippen LogP contribution is 2.36. The smallest absolute Gasteiger partial charge is 0.344 e. The Labute approximate surface area is 160 Å². The first-order valence-corrected chi connectivity index (χ1v) is 8.56. The molecule has 2 aromatic rings. The summed E-state index contributed by atoms with van der Waals surface area (Å²) >= 11 is 12.3. The first-order chi connectivity index (χ1) is 12.5. The first kappa shape index (κ1) is 18.3. The number of fused-ring (bicyclic) bond motifs is 1. The molecular weight excluding hydrogens is 379 g/mol. The summed E-state index contributed by atoms with van der Waals surface area (Å²) < 4.78 is 15.8. The Morgan fingerprint density at radius 3 is 2.62 bits per heavy atom. The lowest BCUT2D eigenvalue weighted by molar-refractivity contribution is -0.145. The van der Waals surface area contributed by atoms with Gasteiger partial charge in [-0.15, -0.1) is 0 Å². The number of carbonyl (C=O) groups excluding carboxylic acids is 2. The van der Waals surface area contributed by atoms with E-state index in [0.29, 0.717) is 32.7 Å². The third-order valence-corrected chi connectivity index (χ3v) is 4.24. The van der Waals surface area contributed by atoms with Crippen LogP contribution in [0.2, 0.25) is 10.0 Å². The number of ether oxygens (including phenoxy) is 3. The molecule has 0 saturated carbocycles. The average Bonchev–Trinajstić information content (AvgIpc) is 2.92. The molecule has 1 aliphatic rings. The maximum absolute atomic E-state index is 12.5. The Kier molecular flexibility index (Phi) is 5.49. The minimum absolute atomic E-state index is 0.109. The van der Waals surface area contributed by atoms with Crippen LogP contribution in [0.25, 0.3) is 6.08 Å². The third kappa shape index (κ3) is 3.84. The fraction of sp³-hybridized carbons (Fsp3) is 0.158. The number of esters is 1. The van der Waals surface area contributed by atoms with Gasteiger partial charge in [0.25, 0.3) is 0 Å². The summed E-state index contributed by atoms with van der Waals surface area (Å²) in [6.07, 6.45) is 1.51. The molecule has 0 aromatic heterocycles. The van der Waals surface area contributed by atoms with E-state index < -0.39 is 5.97 Å². The number of hydrogen-bond donors (Lipinski definition) is 0. The number of allylic oxidation sites excluding steroid dienone is 1. The van der Waals surface area contributed by atoms with E-state index in [-0.39, 0.29) is 24.8 Å². The van der Waals surface area contributed by atoms with Crippen LogP contribution in [0.1, 0.15) is 22.8 Å². The summed E-state index contributed by atoms with van der Waals surface area (Å²) in [6, 6.07) is 9.77. The number of hydrogen-bond acceptors (Lipinski definition) is 5. The maximum Gasteiger partial charge on any atom is 0.344 e. The molecule has 0 spiro atoms. The number of benzene rings is 2. The maximum atomic E-state index is 12.5. The predicted molar refractivity (Wildman–Crippen MR) is 98.0 cm³/mol. The molecule has 0 radical (unpaired) electrons. The topological polar surface area (TPSA) is 61.8 Å². The molecule has 0 amide bonds. The van der Waals surface area contributed by atoms with Crippen molar-refractivity contribution in [2.24, 2.45) is 0 Å². The van der Waals surface area contributed by atoms with E-state index in [0.717, 1.165) is 0 Å². The third-order valence-electron chi connectivity index (χ3n) is 3.58. The number of halogens is 2. The van der Waals surface area contributed by atoms with E-state index in [1.165, 1.54) is 6.08 Å². The molecule has 0 unspecified atom stereocenters. The van der Waals surface area contributed by atoms with Crippen LogP contribution >= 0.6 is 23.2 Å². The molecule has 1 heterocycles. The highest BCUT2D eigenvalue weighted by atomic mass is 35.5. The zero-order valence-electron chi connectivity index (χ0n) is 13.8. The lowest BCUT2D eigenvalue weighted by atomic mass is 10.1. The second-order valence-corrected chi connectivity index (χ2v) is 6.14. The quantitative estimate of drug-likeness (QED) is 0.551. The summed E-state index contributed by atoms with van der Waals surface area (Å²) in [5, 5.41) is 0.826. The molecule has 0 N–H and O–H groups in total. The average molecular weight is 393 g/mol. The molecule has 0 fully saturated rings. The van der Waals surface area contributed by atoms with Crippen LogP contribution in [-0.2, 0) is 9.53 Å². The van der Waals surface area contributed by atoms with Crippen LogP contribution in [0.15, 0.2) is 42.2 Å². The zero-order chi connectivity index (χ0) is 18.7. The molecule has 7 heteroatoms. The summed E-state index contributed by atoms with van der Waals surface area (Å²) in [4.78, 5) is 23.8. The lowest BCUT2D eigenvalue weighted by Gasteiger charge is -2.06. The van der Waals surface area contributed by atoms with Gasteiger partial charge in [0.2, 0.25) is 5.78 Å². The van der Waals surface area contributed by atoms with Gasteiger partial charge in [-0.1, -0.05) is 29.3 Å². The summed E-state index contributed by atoms with van der Waals surface area (Å²) in [7, 11) is 0. The second-order valence-electron chi connectivity index (χ2n) is 5.33. The van der Waals surface area contributed by atoms with Crippen LogP contribution in [0.3, 0.4) is 0 Å². The Morgan fingerprint density at radius 1 is 1.19 bits per heavy atom. The van der Waals surface area contributed by atoms with Gasteiger partial charge >= 0.3 is 5.97 Å². The molecule has 1 aliphatic heterocycles. The van der Waals surface area contributed by atoms with E-state index >= 15 is 0 Å². The Bertz CT molecular complexity index is 885. The van der Waals surface area contributed by atoms with Gasteiger partial charge in [0.05, 0.1) is 12.2 Å². The van der Waals surface area contributed by atoms with Gasteiger partial charge in [0.15, 0.2) is 12.4 Å². The monoisotopic (exact) mass is 392 g/mol. The molecule has 5 nitrogen and oxygen atoms in total. The van der Waals surface area contributed by atoms with E-state index in [2.05, 4.69) is 0 Å². The normalized spacial score (nSPS) is 14.1. The van der Waals surface area contributed by atoms with Gasteiger partial charge in [-0.25, -0.2) is 4.79 Å². The van der Waals surface area contributed by atoms with Crippen molar-refractivity contribution in [2.45, 2.75) is 6.92 Å². The van der Waals surface area contributed by atoms with E-state index in [1.807, 2.05) is 0 Å². The molecule has 3 rings (SSSR count). The van der Waals surface area contributed by atoms with E-state index in [9.17, 15) is 9.59 Å². The molecule has 0 atom stereocenters. The fourth-order valence-electron chi connectivity index (χ4n) is 2.38. The minimum Gasteiger partial charge on any atom is -0.482 e. The molecule has 26 heavy (non-hydrogen) atoms. The number of Topliss-reactive ketones (excluding diaryl/α,β-unsaturated/α-hetero) is 1. The highest BCUT2D eigenvalue weighted by molar-refractivity contribution is 6.37. The fourth-order valence-corrected chi connectivity index (χ4v) is 2.89. The summed E-state index contributed by atoms with van der Waals surface area (Å²) in [5.41, 5.74) is 0.897. The minimum atomic E-state index is -0.473. The van der Waals surface area contributed by atoms with Gasteiger partial charge in [-0.05, 0) is 37.3 Å². The van der Waals surface area contributed by atoms with Crippen molar-refractivity contribution in [3.8, 4) is 11.5 Å². The molecule has 0 aliphatic carbocycles. The van der Waals surface area contributed by atoms with Crippen LogP contribution in [0.4, 0.5) is 0 Å². The standard InChI is InChI=1S/C19H14Cl2O5/c1-2-24-18(22)10-25-11-6-7-12-16(8-11)26-17(19(12)23)9-13-14(20)4-3-5-15(13)21/h3-9H,2,10H2,1H3. The van der Waals surface area contributed by atoms with E-state index in [4.69, 9.17) is 37.4 Å². The lowest BCUT2D eigenvalue weighted by Crippen LogP contribution is -2.14. The van der Waals surface area contributed by atoms with Gasteiger partial charge in [0.1, 0.15) is 11.5 Å². The number of rotatable bonds is 5. The summed E-state index contributed by atoms with van der Waals surface area (Å²) in [5.74, 6) is 0.0804. The summed E-state index contributed by atoms with van der Waals surface area (Å²) in [6.45, 7) is 1.77. The predicted octanol–water partition coefficient (Wildman–Crippen LogP) is 4.55. The molecule has 2 aromatic carbocycles. The van der Waals surface area contributed by atoms with Crippen molar-refractivity contribution in [1.29, 1.82) is 0 Å². The Morgan fingerprint density at radius 2 is 1.92 bits per heavy atom. The zero-order valence-corrected chi connectivity index (χ0v) is 15.3. The van der Waals surface area contributed by atoms with E-state index in [1.54, 1.807) is 43.3 Å². The van der Waals surface area contributed by atoms with Crippen LogP contribution < -0.4 is 9.47 Å². The Hall–Kier alpha value is -2.50. The van der Waals surface area contributed by atoms with Crippen molar-refractivity contribution >= 4 is 41.0 Å². The molecule has 0 bridgehead atoms. The largest absolute Gasteiger partial charge is 0.482 e. The van der Waals surface area contributed by atoms with Gasteiger partial charge < -0.3 is 14.2 Å². The second kappa shape index (κ2) is 7.81. The number of carbonyl (C=O) groups is 2. The van der Waals surface area contributed by atoms with Crippen molar-refractivity contribution in [3.63, 3.8) is 0 Å². The van der Waals surface area contributed by atoms with Crippen molar-refractivity contribution in [1.82, 2.24) is 0 Å². The molecule has 134 valence electrons. The number of ketones is 1. The van der Waals surface area contributed by atoms with Crippen LogP contribution in [0.5, 0.6) is 11.5 Å². The highest BCUT2D eigenvalue weighted by Gasteiger charge is 2.28. The van der Waals surface area contributed by atoms with Crippen LogP contribution in [-0.4, -0.2) is 25.0 Å².